The molecule has 0 amide bonds. The van der Waals surface area contributed by atoms with Crippen LogP contribution >= 0.6 is 0 Å². The summed E-state index contributed by atoms with van der Waals surface area (Å²) in [6, 6.07) is 16.2. The Hall–Kier alpha value is -3.48. The number of rotatable bonds is 9. The Kier molecular flexibility index (Phi) is 6.51. The maximum atomic E-state index is 11.8. The first-order valence-electron chi connectivity index (χ1n) is 8.89. The minimum atomic E-state index is -0.366. The van der Waals surface area contributed by atoms with Crippen LogP contribution in [0.3, 0.4) is 0 Å². The lowest BCUT2D eigenvalue weighted by molar-refractivity contribution is -0.145. The topological polar surface area (TPSA) is 91.5 Å². The van der Waals surface area contributed by atoms with Crippen molar-refractivity contribution in [3.63, 3.8) is 0 Å². The summed E-state index contributed by atoms with van der Waals surface area (Å²) < 4.78 is 16.2. The number of carbonyl (C=O) groups is 2. The number of carbonyl (C=O) groups excluding carboxylic acids is 2. The van der Waals surface area contributed by atoms with Crippen LogP contribution in [0.1, 0.15) is 36.0 Å². The molecule has 1 aromatic heterocycles. The molecule has 3 rings (SSSR count). The van der Waals surface area contributed by atoms with Gasteiger partial charge in [-0.3, -0.25) is 9.59 Å². The molecular formula is C21H20N2O5. The quantitative estimate of drug-likeness (QED) is 0.316. The highest BCUT2D eigenvalue weighted by Gasteiger charge is 2.11. The van der Waals surface area contributed by atoms with E-state index in [2.05, 4.69) is 10.2 Å². The molecule has 0 spiro atoms. The van der Waals surface area contributed by atoms with Crippen LogP contribution < -0.4 is 4.74 Å². The normalized spacial score (nSPS) is 10.5. The minimum Gasteiger partial charge on any atom is -0.494 e. The van der Waals surface area contributed by atoms with Crippen LogP contribution in [-0.4, -0.2) is 28.6 Å². The molecule has 0 aliphatic carbocycles. The van der Waals surface area contributed by atoms with Crippen LogP contribution in [0.15, 0.2) is 59.0 Å². The minimum absolute atomic E-state index is 0.00596. The Bertz CT molecular complexity index is 919. The first kappa shape index (κ1) is 19.3. The summed E-state index contributed by atoms with van der Waals surface area (Å²) in [5.41, 5.74) is 1.44. The van der Waals surface area contributed by atoms with Gasteiger partial charge in [0.2, 0.25) is 5.89 Å². The van der Waals surface area contributed by atoms with Crippen molar-refractivity contribution >= 4 is 11.8 Å². The number of ether oxygens (including phenoxy) is 2. The number of aromatic nitrogens is 2. The van der Waals surface area contributed by atoms with Gasteiger partial charge < -0.3 is 13.9 Å². The van der Waals surface area contributed by atoms with E-state index in [0.717, 1.165) is 5.56 Å². The molecule has 0 unspecified atom stereocenters. The van der Waals surface area contributed by atoms with Gasteiger partial charge in [0.15, 0.2) is 12.4 Å². The first-order valence-corrected chi connectivity index (χ1v) is 8.89. The molecule has 0 atom stereocenters. The van der Waals surface area contributed by atoms with Crippen LogP contribution in [0.5, 0.6) is 5.75 Å². The second-order valence-corrected chi connectivity index (χ2v) is 6.06. The van der Waals surface area contributed by atoms with Crippen molar-refractivity contribution in [2.45, 2.75) is 26.4 Å². The second-order valence-electron chi connectivity index (χ2n) is 6.06. The van der Waals surface area contributed by atoms with Gasteiger partial charge in [-0.05, 0) is 49.7 Å². The number of nitrogens with zero attached hydrogens (tertiary/aromatic N) is 2. The van der Waals surface area contributed by atoms with Gasteiger partial charge >= 0.3 is 5.97 Å². The van der Waals surface area contributed by atoms with E-state index < -0.39 is 0 Å². The first-order chi connectivity index (χ1) is 13.6. The number of ketones is 1. The van der Waals surface area contributed by atoms with Crippen LogP contribution in [0.25, 0.3) is 11.5 Å². The van der Waals surface area contributed by atoms with Crippen molar-refractivity contribution in [1.29, 1.82) is 0 Å². The number of esters is 1. The van der Waals surface area contributed by atoms with E-state index in [1.807, 2.05) is 30.3 Å². The maximum absolute atomic E-state index is 11.8. The molecule has 0 N–H and O–H groups in total. The predicted molar refractivity (Wildman–Crippen MR) is 101 cm³/mol. The van der Waals surface area contributed by atoms with E-state index in [4.69, 9.17) is 13.9 Å². The largest absolute Gasteiger partial charge is 0.494 e. The van der Waals surface area contributed by atoms with Gasteiger partial charge in [-0.1, -0.05) is 18.2 Å². The van der Waals surface area contributed by atoms with E-state index >= 15 is 0 Å². The highest BCUT2D eigenvalue weighted by Crippen LogP contribution is 2.17. The van der Waals surface area contributed by atoms with Crippen molar-refractivity contribution in [2.75, 3.05) is 6.61 Å². The van der Waals surface area contributed by atoms with Crippen molar-refractivity contribution in [3.8, 4) is 17.2 Å². The molecule has 3 aromatic rings. The molecule has 0 radical (unpaired) electrons. The van der Waals surface area contributed by atoms with E-state index in [0.29, 0.717) is 30.2 Å². The van der Waals surface area contributed by atoms with Gasteiger partial charge in [-0.15, -0.1) is 10.2 Å². The predicted octanol–water partition coefficient (Wildman–Crippen LogP) is 3.84. The van der Waals surface area contributed by atoms with E-state index in [9.17, 15) is 9.59 Å². The fraction of sp³-hybridized carbons (Fsp3) is 0.238. The van der Waals surface area contributed by atoms with Crippen LogP contribution in [0, 0.1) is 0 Å². The molecule has 28 heavy (non-hydrogen) atoms. The van der Waals surface area contributed by atoms with Gasteiger partial charge in [0.25, 0.3) is 5.89 Å². The average Bonchev–Trinajstić information content (AvgIpc) is 3.20. The molecule has 0 bridgehead atoms. The fourth-order valence-corrected chi connectivity index (χ4v) is 2.42. The summed E-state index contributed by atoms with van der Waals surface area (Å²) in [4.78, 5) is 23.0. The lowest BCUT2D eigenvalue weighted by Gasteiger charge is -2.06. The summed E-state index contributed by atoms with van der Waals surface area (Å²) in [6.07, 6.45) is 0.720. The summed E-state index contributed by atoms with van der Waals surface area (Å²) in [7, 11) is 0. The fourth-order valence-electron chi connectivity index (χ4n) is 2.42. The highest BCUT2D eigenvalue weighted by molar-refractivity contribution is 5.94. The summed E-state index contributed by atoms with van der Waals surface area (Å²) in [5, 5.41) is 7.82. The van der Waals surface area contributed by atoms with Crippen LogP contribution in [-0.2, 0) is 16.1 Å². The molecule has 0 aliphatic heterocycles. The molecular weight excluding hydrogens is 360 g/mol. The van der Waals surface area contributed by atoms with Gasteiger partial charge in [-0.25, -0.2) is 0 Å². The number of Topliss-reactive ketones (excluding diaryl/α,β-unsaturated/α-hetero) is 1. The van der Waals surface area contributed by atoms with E-state index in [1.54, 1.807) is 24.3 Å². The summed E-state index contributed by atoms with van der Waals surface area (Å²) in [6.45, 7) is 1.82. The van der Waals surface area contributed by atoms with Crippen LogP contribution in [0.2, 0.25) is 0 Å². The van der Waals surface area contributed by atoms with Crippen LogP contribution in [0.4, 0.5) is 0 Å². The molecule has 144 valence electrons. The number of hydrogen-bond acceptors (Lipinski definition) is 7. The maximum Gasteiger partial charge on any atom is 0.306 e. The second kappa shape index (κ2) is 9.45. The zero-order valence-corrected chi connectivity index (χ0v) is 15.5. The van der Waals surface area contributed by atoms with Crippen molar-refractivity contribution in [3.05, 3.63) is 66.1 Å². The average molecular weight is 380 g/mol. The number of hydrogen-bond donors (Lipinski definition) is 0. The van der Waals surface area contributed by atoms with Crippen molar-refractivity contribution < 1.29 is 23.5 Å². The van der Waals surface area contributed by atoms with E-state index in [1.165, 1.54) is 6.92 Å². The monoisotopic (exact) mass is 380 g/mol. The Balaban J connectivity index is 1.36. The van der Waals surface area contributed by atoms with Gasteiger partial charge in [-0.2, -0.15) is 0 Å². The zero-order chi connectivity index (χ0) is 19.8. The van der Waals surface area contributed by atoms with Gasteiger partial charge in [0.05, 0.1) is 6.61 Å². The summed E-state index contributed by atoms with van der Waals surface area (Å²) >= 11 is 0. The third kappa shape index (κ3) is 5.51. The van der Waals surface area contributed by atoms with Gasteiger partial charge in [0.1, 0.15) is 5.75 Å². The standard InChI is InChI=1S/C21H20N2O5/c1-15(24)16-9-11-18(12-10-16)26-13-5-8-20(25)27-14-19-22-23-21(28-19)17-6-3-2-4-7-17/h2-4,6-7,9-12H,5,8,13-14H2,1H3. The highest BCUT2D eigenvalue weighted by atomic mass is 16.5. The molecule has 0 saturated heterocycles. The Morgan fingerprint density at radius 2 is 1.75 bits per heavy atom. The Morgan fingerprint density at radius 1 is 1.00 bits per heavy atom. The molecule has 0 aliphatic rings. The third-order valence-corrected chi connectivity index (χ3v) is 3.90. The van der Waals surface area contributed by atoms with Crippen molar-refractivity contribution in [2.24, 2.45) is 0 Å². The summed E-state index contributed by atoms with van der Waals surface area (Å²) in [5.74, 6) is 0.920. The SMILES string of the molecule is CC(=O)c1ccc(OCCCC(=O)OCc2nnc(-c3ccccc3)o2)cc1. The molecule has 7 nitrogen and oxygen atoms in total. The Labute approximate surface area is 162 Å². The van der Waals surface area contributed by atoms with Gasteiger partial charge in [0, 0.05) is 17.5 Å². The molecule has 0 saturated carbocycles. The lowest BCUT2D eigenvalue weighted by atomic mass is 10.1. The molecule has 7 heteroatoms. The van der Waals surface area contributed by atoms with E-state index in [-0.39, 0.29) is 30.7 Å². The smallest absolute Gasteiger partial charge is 0.306 e. The zero-order valence-electron chi connectivity index (χ0n) is 15.5. The third-order valence-electron chi connectivity index (χ3n) is 3.90. The number of benzene rings is 2. The molecule has 1 heterocycles. The molecule has 0 fully saturated rings. The lowest BCUT2D eigenvalue weighted by Crippen LogP contribution is -2.07. The molecule has 2 aromatic carbocycles. The van der Waals surface area contributed by atoms with Crippen molar-refractivity contribution in [1.82, 2.24) is 10.2 Å². The Morgan fingerprint density at radius 3 is 2.46 bits per heavy atom.